The van der Waals surface area contributed by atoms with Crippen molar-refractivity contribution < 1.29 is 17.9 Å². The second-order valence-electron chi connectivity index (χ2n) is 8.68. The fourth-order valence-corrected chi connectivity index (χ4v) is 4.73. The van der Waals surface area contributed by atoms with Crippen LogP contribution in [0.2, 0.25) is 0 Å². The van der Waals surface area contributed by atoms with Gasteiger partial charge in [-0.25, -0.2) is 8.78 Å². The van der Waals surface area contributed by atoms with Crippen LogP contribution in [0.15, 0.2) is 48.5 Å². The van der Waals surface area contributed by atoms with Crippen LogP contribution in [0, 0.1) is 0 Å². The number of H-pyrrole nitrogens is 1. The molecule has 0 saturated carbocycles. The van der Waals surface area contributed by atoms with E-state index in [1.54, 1.807) is 0 Å². The molecule has 0 spiro atoms. The zero-order valence-electron chi connectivity index (χ0n) is 19.0. The zero-order chi connectivity index (χ0) is 23.2. The molecule has 0 radical (unpaired) electrons. The summed E-state index contributed by atoms with van der Waals surface area (Å²) in [5.74, 6) is 0.741. The summed E-state index contributed by atoms with van der Waals surface area (Å²) in [5.41, 5.74) is 4.36. The van der Waals surface area contributed by atoms with Crippen molar-refractivity contribution in [3.05, 3.63) is 65.4 Å². The molecule has 2 N–H and O–H groups in total. The molecule has 4 rings (SSSR count). The van der Waals surface area contributed by atoms with E-state index in [1.165, 1.54) is 10.9 Å². The number of aromatic nitrogens is 1. The van der Waals surface area contributed by atoms with Crippen molar-refractivity contribution >= 4 is 10.9 Å². The average Bonchev–Trinajstić information content (AvgIpc) is 3.20. The molecule has 3 atom stereocenters. The molecule has 0 aliphatic carbocycles. The van der Waals surface area contributed by atoms with Gasteiger partial charge in [0.15, 0.2) is 0 Å². The molecule has 1 aromatic heterocycles. The van der Waals surface area contributed by atoms with Gasteiger partial charge in [-0.1, -0.05) is 30.3 Å². The minimum Gasteiger partial charge on any atom is -0.492 e. The SMILES string of the molecule is C[C@@H]1Cc2c([nH]c3ccccc23)[C@@H](c2ccc(OCCNCCCF)cc2)N1C[C@H](F)CF. The molecular weight excluding hydrogens is 427 g/mol. The summed E-state index contributed by atoms with van der Waals surface area (Å²) >= 11 is 0. The van der Waals surface area contributed by atoms with Gasteiger partial charge in [0, 0.05) is 35.7 Å². The molecule has 1 aliphatic rings. The molecule has 178 valence electrons. The Kier molecular flexibility index (Phi) is 7.93. The quantitative estimate of drug-likeness (QED) is 0.390. The number of nitrogens with one attached hydrogen (secondary N) is 2. The number of rotatable bonds is 11. The summed E-state index contributed by atoms with van der Waals surface area (Å²) in [6, 6.07) is 15.9. The maximum absolute atomic E-state index is 14.2. The van der Waals surface area contributed by atoms with Crippen LogP contribution in [0.3, 0.4) is 0 Å². The molecule has 0 amide bonds. The van der Waals surface area contributed by atoms with Gasteiger partial charge in [-0.05, 0) is 55.6 Å². The number of aromatic amines is 1. The van der Waals surface area contributed by atoms with Crippen molar-refractivity contribution in [3.63, 3.8) is 0 Å². The van der Waals surface area contributed by atoms with Crippen LogP contribution >= 0.6 is 0 Å². The van der Waals surface area contributed by atoms with Gasteiger partial charge in [0.2, 0.25) is 0 Å². The molecular formula is C26H32F3N3O. The minimum atomic E-state index is -1.52. The third kappa shape index (κ3) is 5.36. The summed E-state index contributed by atoms with van der Waals surface area (Å²) in [6.07, 6.45) is -0.234. The van der Waals surface area contributed by atoms with Crippen molar-refractivity contribution in [1.82, 2.24) is 15.2 Å². The number of hydrogen-bond donors (Lipinski definition) is 2. The monoisotopic (exact) mass is 459 g/mol. The van der Waals surface area contributed by atoms with E-state index in [0.29, 0.717) is 26.1 Å². The van der Waals surface area contributed by atoms with Gasteiger partial charge in [0.1, 0.15) is 25.2 Å². The van der Waals surface area contributed by atoms with Gasteiger partial charge in [-0.2, -0.15) is 0 Å². The predicted molar refractivity (Wildman–Crippen MR) is 126 cm³/mol. The third-order valence-corrected chi connectivity index (χ3v) is 6.32. The van der Waals surface area contributed by atoms with E-state index in [1.807, 2.05) is 36.4 Å². The van der Waals surface area contributed by atoms with Crippen molar-refractivity contribution in [2.24, 2.45) is 0 Å². The molecule has 33 heavy (non-hydrogen) atoms. The highest BCUT2D eigenvalue weighted by Crippen LogP contribution is 2.41. The molecule has 2 heterocycles. The molecule has 2 aromatic carbocycles. The van der Waals surface area contributed by atoms with Crippen LogP contribution in [0.1, 0.15) is 36.2 Å². The summed E-state index contributed by atoms with van der Waals surface area (Å²) in [4.78, 5) is 5.62. The van der Waals surface area contributed by atoms with Crippen LogP contribution in [0.4, 0.5) is 13.2 Å². The normalized spacial score (nSPS) is 19.5. The maximum atomic E-state index is 14.2. The first kappa shape index (κ1) is 23.6. The zero-order valence-corrected chi connectivity index (χ0v) is 19.0. The second kappa shape index (κ2) is 11.1. The molecule has 0 unspecified atom stereocenters. The Morgan fingerprint density at radius 3 is 2.67 bits per heavy atom. The van der Waals surface area contributed by atoms with Gasteiger partial charge in [-0.3, -0.25) is 9.29 Å². The minimum absolute atomic E-state index is 0.0416. The molecule has 0 saturated heterocycles. The Morgan fingerprint density at radius 1 is 1.12 bits per heavy atom. The lowest BCUT2D eigenvalue weighted by atomic mass is 9.88. The summed E-state index contributed by atoms with van der Waals surface area (Å²) < 4.78 is 45.2. The van der Waals surface area contributed by atoms with E-state index in [9.17, 15) is 13.2 Å². The van der Waals surface area contributed by atoms with Crippen molar-refractivity contribution in [2.75, 3.05) is 39.6 Å². The van der Waals surface area contributed by atoms with Gasteiger partial charge in [0.25, 0.3) is 0 Å². The van der Waals surface area contributed by atoms with Crippen molar-refractivity contribution in [2.45, 2.75) is 38.0 Å². The molecule has 0 bridgehead atoms. The summed E-state index contributed by atoms with van der Waals surface area (Å²) in [5, 5.41) is 4.32. The molecule has 0 fully saturated rings. The predicted octanol–water partition coefficient (Wildman–Crippen LogP) is 5.14. The van der Waals surface area contributed by atoms with Crippen molar-refractivity contribution in [3.8, 4) is 5.75 Å². The lowest BCUT2D eigenvalue weighted by Gasteiger charge is -2.41. The fraction of sp³-hybridized carbons (Fsp3) is 0.462. The topological polar surface area (TPSA) is 40.3 Å². The number of alkyl halides is 3. The van der Waals surface area contributed by atoms with E-state index in [4.69, 9.17) is 4.74 Å². The van der Waals surface area contributed by atoms with Gasteiger partial charge < -0.3 is 15.0 Å². The summed E-state index contributed by atoms with van der Waals surface area (Å²) in [7, 11) is 0. The molecule has 7 heteroatoms. The van der Waals surface area contributed by atoms with Gasteiger partial charge in [-0.15, -0.1) is 0 Å². The average molecular weight is 460 g/mol. The van der Waals surface area contributed by atoms with E-state index < -0.39 is 12.8 Å². The van der Waals surface area contributed by atoms with E-state index >= 15 is 0 Å². The smallest absolute Gasteiger partial charge is 0.141 e. The fourth-order valence-electron chi connectivity index (χ4n) is 4.73. The van der Waals surface area contributed by atoms with E-state index in [-0.39, 0.29) is 25.3 Å². The first-order chi connectivity index (χ1) is 16.1. The number of benzene rings is 2. The first-order valence-corrected chi connectivity index (χ1v) is 11.7. The van der Waals surface area contributed by atoms with Gasteiger partial charge in [0.05, 0.1) is 12.7 Å². The Morgan fingerprint density at radius 2 is 1.91 bits per heavy atom. The molecule has 1 aliphatic heterocycles. The maximum Gasteiger partial charge on any atom is 0.141 e. The Balaban J connectivity index is 1.57. The lowest BCUT2D eigenvalue weighted by Crippen LogP contribution is -2.45. The highest BCUT2D eigenvalue weighted by Gasteiger charge is 2.36. The van der Waals surface area contributed by atoms with Crippen LogP contribution < -0.4 is 10.1 Å². The van der Waals surface area contributed by atoms with Crippen LogP contribution in [-0.4, -0.2) is 61.7 Å². The van der Waals surface area contributed by atoms with Gasteiger partial charge >= 0.3 is 0 Å². The number of nitrogens with zero attached hydrogens (tertiary/aromatic N) is 1. The molecule has 4 nitrogen and oxygen atoms in total. The Labute approximate surface area is 193 Å². The van der Waals surface area contributed by atoms with Crippen molar-refractivity contribution in [1.29, 1.82) is 0 Å². The Bertz CT molecular complexity index is 1020. The van der Waals surface area contributed by atoms with Crippen LogP contribution in [0.25, 0.3) is 10.9 Å². The highest BCUT2D eigenvalue weighted by molar-refractivity contribution is 5.85. The number of halogens is 3. The standard InChI is InChI=1S/C26H32F3N3O/c1-18-15-23-22-5-2-3-6-24(22)31-25(23)26(32(18)17-20(29)16-28)19-7-9-21(10-8-19)33-14-13-30-12-4-11-27/h2-3,5-10,18,20,26,30-31H,4,11-17H2,1H3/t18-,20-,26-/m1/s1. The summed E-state index contributed by atoms with van der Waals surface area (Å²) in [6.45, 7) is 2.59. The number of fused-ring (bicyclic) bond motifs is 3. The first-order valence-electron chi connectivity index (χ1n) is 11.7. The number of ether oxygens (including phenoxy) is 1. The van der Waals surface area contributed by atoms with E-state index in [2.05, 4.69) is 34.3 Å². The largest absolute Gasteiger partial charge is 0.492 e. The van der Waals surface area contributed by atoms with Crippen LogP contribution in [0.5, 0.6) is 5.75 Å². The number of para-hydroxylation sites is 1. The second-order valence-corrected chi connectivity index (χ2v) is 8.68. The van der Waals surface area contributed by atoms with Crippen LogP contribution in [-0.2, 0) is 6.42 Å². The lowest BCUT2D eigenvalue weighted by molar-refractivity contribution is 0.0956. The third-order valence-electron chi connectivity index (χ3n) is 6.32. The van der Waals surface area contributed by atoms with E-state index in [0.717, 1.165) is 28.9 Å². The molecule has 3 aromatic rings. The number of hydrogen-bond acceptors (Lipinski definition) is 3. The highest BCUT2D eigenvalue weighted by atomic mass is 19.2. The Hall–Kier alpha value is -2.51.